The average molecular weight is 359 g/mol. The standard InChI is InChI=1S/C17H17N3O4S/c1-12-10-16(20-24-12)19-17(21)8-9-18-25(22,23)15-7-6-13-4-2-3-5-14(13)11-15/h2-7,10-11,18H,8-9H2,1H3,(H,19,20,21). The minimum atomic E-state index is -3.68. The number of rotatable bonds is 6. The monoisotopic (exact) mass is 359 g/mol. The number of sulfonamides is 1. The van der Waals surface area contributed by atoms with E-state index >= 15 is 0 Å². The maximum Gasteiger partial charge on any atom is 0.240 e. The molecule has 2 aromatic carbocycles. The molecule has 130 valence electrons. The van der Waals surface area contributed by atoms with E-state index in [0.29, 0.717) is 11.6 Å². The number of benzene rings is 2. The summed E-state index contributed by atoms with van der Waals surface area (Å²) in [7, 11) is -3.68. The van der Waals surface area contributed by atoms with Gasteiger partial charge in [0.15, 0.2) is 5.82 Å². The largest absolute Gasteiger partial charge is 0.360 e. The van der Waals surface area contributed by atoms with Crippen molar-refractivity contribution in [2.75, 3.05) is 11.9 Å². The molecule has 0 saturated carbocycles. The van der Waals surface area contributed by atoms with Crippen LogP contribution in [0.4, 0.5) is 5.82 Å². The van der Waals surface area contributed by atoms with Gasteiger partial charge in [-0.2, -0.15) is 0 Å². The van der Waals surface area contributed by atoms with Crippen molar-refractivity contribution < 1.29 is 17.7 Å². The SMILES string of the molecule is Cc1cc(NC(=O)CCNS(=O)(=O)c2ccc3ccccc3c2)no1. The van der Waals surface area contributed by atoms with Crippen LogP contribution in [0.5, 0.6) is 0 Å². The quantitative estimate of drug-likeness (QED) is 0.704. The summed E-state index contributed by atoms with van der Waals surface area (Å²) in [5, 5.41) is 7.98. The molecule has 0 aliphatic heterocycles. The van der Waals surface area contributed by atoms with Crippen molar-refractivity contribution >= 4 is 32.5 Å². The Morgan fingerprint density at radius 2 is 1.88 bits per heavy atom. The maximum atomic E-state index is 12.3. The van der Waals surface area contributed by atoms with Gasteiger partial charge in [-0.3, -0.25) is 4.79 Å². The fourth-order valence-electron chi connectivity index (χ4n) is 2.35. The topological polar surface area (TPSA) is 101 Å². The molecule has 3 rings (SSSR count). The van der Waals surface area contributed by atoms with Gasteiger partial charge in [-0.1, -0.05) is 35.5 Å². The number of carbonyl (C=O) groups excluding carboxylic acids is 1. The summed E-state index contributed by atoms with van der Waals surface area (Å²) in [6.07, 6.45) is -0.0152. The first-order valence-electron chi connectivity index (χ1n) is 7.66. The molecule has 0 unspecified atom stereocenters. The predicted molar refractivity (Wildman–Crippen MR) is 93.6 cm³/mol. The summed E-state index contributed by atoms with van der Waals surface area (Å²) < 4.78 is 32.0. The van der Waals surface area contributed by atoms with Crippen LogP contribution in [0, 0.1) is 6.92 Å². The molecule has 0 spiro atoms. The van der Waals surface area contributed by atoms with Crippen LogP contribution < -0.4 is 10.0 Å². The number of carbonyl (C=O) groups is 1. The summed E-state index contributed by atoms with van der Waals surface area (Å²) in [5.74, 6) is 0.529. The number of fused-ring (bicyclic) bond motifs is 1. The second-order valence-electron chi connectivity index (χ2n) is 5.53. The lowest BCUT2D eigenvalue weighted by Crippen LogP contribution is -2.27. The lowest BCUT2D eigenvalue weighted by molar-refractivity contribution is -0.116. The summed E-state index contributed by atoms with van der Waals surface area (Å²) in [6, 6.07) is 14.0. The smallest absolute Gasteiger partial charge is 0.240 e. The van der Waals surface area contributed by atoms with Crippen LogP contribution in [-0.4, -0.2) is 26.0 Å². The van der Waals surface area contributed by atoms with Crippen molar-refractivity contribution in [1.82, 2.24) is 9.88 Å². The minimum Gasteiger partial charge on any atom is -0.360 e. The van der Waals surface area contributed by atoms with E-state index in [9.17, 15) is 13.2 Å². The third kappa shape index (κ3) is 4.23. The van der Waals surface area contributed by atoms with Gasteiger partial charge in [0.05, 0.1) is 4.90 Å². The molecular weight excluding hydrogens is 342 g/mol. The lowest BCUT2D eigenvalue weighted by atomic mass is 10.1. The zero-order valence-corrected chi connectivity index (χ0v) is 14.3. The summed E-state index contributed by atoms with van der Waals surface area (Å²) in [6.45, 7) is 1.69. The van der Waals surface area contributed by atoms with Gasteiger partial charge in [-0.05, 0) is 29.8 Å². The molecule has 7 nitrogen and oxygen atoms in total. The molecule has 0 aliphatic carbocycles. The van der Waals surface area contributed by atoms with E-state index in [1.54, 1.807) is 31.2 Å². The molecule has 1 heterocycles. The first-order valence-corrected chi connectivity index (χ1v) is 9.14. The molecule has 8 heteroatoms. The van der Waals surface area contributed by atoms with E-state index < -0.39 is 10.0 Å². The molecule has 0 radical (unpaired) electrons. The Morgan fingerprint density at radius 3 is 2.60 bits per heavy atom. The van der Waals surface area contributed by atoms with Crippen LogP contribution in [-0.2, 0) is 14.8 Å². The van der Waals surface area contributed by atoms with E-state index in [0.717, 1.165) is 10.8 Å². The number of nitrogens with one attached hydrogen (secondary N) is 2. The number of hydrogen-bond donors (Lipinski definition) is 2. The number of aryl methyl sites for hydroxylation is 1. The van der Waals surface area contributed by atoms with Gasteiger partial charge in [0, 0.05) is 19.0 Å². The highest BCUT2D eigenvalue weighted by atomic mass is 32.2. The Bertz CT molecular complexity index is 1010. The van der Waals surface area contributed by atoms with Crippen LogP contribution in [0.3, 0.4) is 0 Å². The minimum absolute atomic E-state index is 0.0152. The third-order valence-electron chi connectivity index (χ3n) is 3.57. The number of anilines is 1. The fourth-order valence-corrected chi connectivity index (χ4v) is 3.41. The summed E-state index contributed by atoms with van der Waals surface area (Å²) in [5.41, 5.74) is 0. The predicted octanol–water partition coefficient (Wildman–Crippen LogP) is 2.44. The maximum absolute atomic E-state index is 12.3. The highest BCUT2D eigenvalue weighted by Gasteiger charge is 2.15. The molecule has 0 aliphatic rings. The molecule has 2 N–H and O–H groups in total. The van der Waals surface area contributed by atoms with E-state index in [1.807, 2.05) is 24.3 Å². The highest BCUT2D eigenvalue weighted by molar-refractivity contribution is 7.89. The van der Waals surface area contributed by atoms with E-state index in [4.69, 9.17) is 4.52 Å². The van der Waals surface area contributed by atoms with Crippen LogP contribution in [0.1, 0.15) is 12.2 Å². The second kappa shape index (κ2) is 7.04. The summed E-state index contributed by atoms with van der Waals surface area (Å²) >= 11 is 0. The highest BCUT2D eigenvalue weighted by Crippen LogP contribution is 2.18. The first kappa shape index (κ1) is 17.1. The van der Waals surface area contributed by atoms with Crippen molar-refractivity contribution in [3.8, 4) is 0 Å². The molecule has 1 aromatic heterocycles. The normalized spacial score (nSPS) is 11.6. The van der Waals surface area contributed by atoms with Gasteiger partial charge < -0.3 is 9.84 Å². The second-order valence-corrected chi connectivity index (χ2v) is 7.29. The van der Waals surface area contributed by atoms with Gasteiger partial charge in [0.1, 0.15) is 5.76 Å². The van der Waals surface area contributed by atoms with E-state index in [2.05, 4.69) is 15.2 Å². The van der Waals surface area contributed by atoms with Crippen LogP contribution in [0.15, 0.2) is 57.9 Å². The Balaban J connectivity index is 1.60. The Hall–Kier alpha value is -2.71. The van der Waals surface area contributed by atoms with Crippen LogP contribution in [0.25, 0.3) is 10.8 Å². The van der Waals surface area contributed by atoms with Gasteiger partial charge in [0.2, 0.25) is 15.9 Å². The van der Waals surface area contributed by atoms with Crippen molar-refractivity contribution in [2.24, 2.45) is 0 Å². The van der Waals surface area contributed by atoms with Gasteiger partial charge in [-0.15, -0.1) is 0 Å². The Morgan fingerprint density at radius 1 is 1.12 bits per heavy atom. The average Bonchev–Trinajstić information content (AvgIpc) is 2.99. The number of amides is 1. The number of aromatic nitrogens is 1. The molecular formula is C17H17N3O4S. The first-order chi connectivity index (χ1) is 11.9. The summed E-state index contributed by atoms with van der Waals surface area (Å²) in [4.78, 5) is 12.0. The van der Waals surface area contributed by atoms with Crippen LogP contribution >= 0.6 is 0 Å². The molecule has 0 saturated heterocycles. The van der Waals surface area contributed by atoms with Crippen molar-refractivity contribution in [1.29, 1.82) is 0 Å². The zero-order chi connectivity index (χ0) is 17.9. The molecule has 0 bridgehead atoms. The van der Waals surface area contributed by atoms with Crippen LogP contribution in [0.2, 0.25) is 0 Å². The van der Waals surface area contributed by atoms with Gasteiger partial charge in [0.25, 0.3) is 0 Å². The lowest BCUT2D eigenvalue weighted by Gasteiger charge is -2.08. The zero-order valence-electron chi connectivity index (χ0n) is 13.5. The molecule has 25 heavy (non-hydrogen) atoms. The molecule has 1 amide bonds. The molecule has 0 fully saturated rings. The molecule has 0 atom stereocenters. The molecule has 3 aromatic rings. The third-order valence-corrected chi connectivity index (χ3v) is 5.03. The van der Waals surface area contributed by atoms with Gasteiger partial charge >= 0.3 is 0 Å². The van der Waals surface area contributed by atoms with Gasteiger partial charge in [-0.25, -0.2) is 13.1 Å². The number of hydrogen-bond acceptors (Lipinski definition) is 5. The van der Waals surface area contributed by atoms with E-state index in [-0.39, 0.29) is 23.8 Å². The van der Waals surface area contributed by atoms with Crippen molar-refractivity contribution in [3.63, 3.8) is 0 Å². The van der Waals surface area contributed by atoms with Crippen molar-refractivity contribution in [2.45, 2.75) is 18.2 Å². The number of nitrogens with zero attached hydrogens (tertiary/aromatic N) is 1. The Kier molecular flexibility index (Phi) is 4.82. The fraction of sp³-hybridized carbons (Fsp3) is 0.176. The van der Waals surface area contributed by atoms with E-state index in [1.165, 1.54) is 0 Å². The Labute approximate surface area is 145 Å². The van der Waals surface area contributed by atoms with Crippen molar-refractivity contribution in [3.05, 3.63) is 54.3 Å².